The van der Waals surface area contributed by atoms with Crippen molar-refractivity contribution in [2.75, 3.05) is 11.9 Å². The van der Waals surface area contributed by atoms with E-state index in [0.29, 0.717) is 11.6 Å². The number of rotatable bonds is 4. The molecule has 0 aliphatic heterocycles. The summed E-state index contributed by atoms with van der Waals surface area (Å²) in [5.41, 5.74) is 0.965. The smallest absolute Gasteiger partial charge is 0.221 e. The van der Waals surface area contributed by atoms with Crippen molar-refractivity contribution in [3.8, 4) is 11.6 Å². The molecular formula is C13H15N3O. The maximum Gasteiger partial charge on any atom is 0.221 e. The topological polar surface area (TPSA) is 47.0 Å². The highest BCUT2D eigenvalue weighted by molar-refractivity contribution is 5.38. The van der Waals surface area contributed by atoms with Gasteiger partial charge in [0.25, 0.3) is 0 Å². The molecule has 1 N–H and O–H groups in total. The molecule has 0 bridgehead atoms. The lowest BCUT2D eigenvalue weighted by atomic mass is 10.4. The maximum atomic E-state index is 5.61. The van der Waals surface area contributed by atoms with E-state index >= 15 is 0 Å². The zero-order valence-corrected chi connectivity index (χ0v) is 9.97. The van der Waals surface area contributed by atoms with Crippen molar-refractivity contribution < 1.29 is 4.74 Å². The zero-order chi connectivity index (χ0) is 12.1. The number of hydrogen-bond acceptors (Lipinski definition) is 4. The quantitative estimate of drug-likeness (QED) is 0.875. The lowest BCUT2D eigenvalue weighted by Gasteiger charge is -2.06. The van der Waals surface area contributed by atoms with E-state index in [1.54, 1.807) is 6.20 Å². The summed E-state index contributed by atoms with van der Waals surface area (Å²) in [6.07, 6.45) is 1.69. The van der Waals surface area contributed by atoms with Crippen LogP contribution in [0.15, 0.2) is 36.5 Å². The zero-order valence-electron chi connectivity index (χ0n) is 9.97. The molecule has 0 amide bonds. The molecule has 0 radical (unpaired) electrons. The first-order chi connectivity index (χ1) is 8.28. The van der Waals surface area contributed by atoms with E-state index in [1.807, 2.05) is 44.2 Å². The van der Waals surface area contributed by atoms with Gasteiger partial charge in [0, 0.05) is 18.3 Å². The highest BCUT2D eigenvalue weighted by Crippen LogP contribution is 2.19. The molecule has 4 nitrogen and oxygen atoms in total. The van der Waals surface area contributed by atoms with E-state index in [9.17, 15) is 0 Å². The van der Waals surface area contributed by atoms with Gasteiger partial charge in [0.05, 0.1) is 6.20 Å². The Bertz CT molecular complexity index is 482. The summed E-state index contributed by atoms with van der Waals surface area (Å²) >= 11 is 0. The van der Waals surface area contributed by atoms with Crippen molar-refractivity contribution >= 4 is 5.82 Å². The number of hydrogen-bond donors (Lipinski definition) is 1. The van der Waals surface area contributed by atoms with Crippen LogP contribution < -0.4 is 10.1 Å². The lowest BCUT2D eigenvalue weighted by molar-refractivity contribution is 0.461. The molecule has 0 spiro atoms. The van der Waals surface area contributed by atoms with Gasteiger partial charge < -0.3 is 10.1 Å². The number of nitrogens with zero attached hydrogens (tertiary/aromatic N) is 2. The molecule has 2 heterocycles. The minimum atomic E-state index is 0.564. The fourth-order valence-corrected chi connectivity index (χ4v) is 1.39. The van der Waals surface area contributed by atoms with Gasteiger partial charge in [-0.3, -0.25) is 4.98 Å². The van der Waals surface area contributed by atoms with Crippen LogP contribution in [0.5, 0.6) is 11.6 Å². The van der Waals surface area contributed by atoms with Crippen LogP contribution in [0, 0.1) is 6.92 Å². The highest BCUT2D eigenvalue weighted by Gasteiger charge is 2.00. The van der Waals surface area contributed by atoms with Gasteiger partial charge >= 0.3 is 0 Å². The normalized spacial score (nSPS) is 10.0. The van der Waals surface area contributed by atoms with Gasteiger partial charge in [-0.2, -0.15) is 4.98 Å². The van der Waals surface area contributed by atoms with Crippen LogP contribution in [0.1, 0.15) is 12.6 Å². The number of aryl methyl sites for hydroxylation is 1. The monoisotopic (exact) mass is 229 g/mol. The number of anilines is 1. The number of pyridine rings is 2. The summed E-state index contributed by atoms with van der Waals surface area (Å²) < 4.78 is 5.61. The fourth-order valence-electron chi connectivity index (χ4n) is 1.39. The molecule has 0 saturated carbocycles. The molecule has 0 aliphatic carbocycles. The second-order valence-electron chi connectivity index (χ2n) is 3.63. The molecule has 2 rings (SSSR count). The van der Waals surface area contributed by atoms with E-state index in [2.05, 4.69) is 15.3 Å². The van der Waals surface area contributed by atoms with Gasteiger partial charge in [0.15, 0.2) is 0 Å². The number of aromatic nitrogens is 2. The summed E-state index contributed by atoms with van der Waals surface area (Å²) in [7, 11) is 0. The Morgan fingerprint density at radius 1 is 1.24 bits per heavy atom. The molecule has 0 aromatic carbocycles. The van der Waals surface area contributed by atoms with Crippen LogP contribution in [0.2, 0.25) is 0 Å². The van der Waals surface area contributed by atoms with E-state index in [4.69, 9.17) is 4.74 Å². The number of ether oxygens (including phenoxy) is 1. The predicted octanol–water partition coefficient (Wildman–Crippen LogP) is 3.01. The summed E-state index contributed by atoms with van der Waals surface area (Å²) in [5.74, 6) is 2.07. The van der Waals surface area contributed by atoms with Crippen LogP contribution in [-0.4, -0.2) is 16.5 Å². The Balaban J connectivity index is 2.12. The van der Waals surface area contributed by atoms with Crippen LogP contribution >= 0.6 is 0 Å². The standard InChI is InChI=1S/C13H15N3O/c1-3-14-12-5-4-6-13(16-12)17-11-8-7-10(2)15-9-11/h4-9H,3H2,1-2H3,(H,14,16). The third-order valence-corrected chi connectivity index (χ3v) is 2.19. The molecule has 0 fully saturated rings. The number of nitrogens with one attached hydrogen (secondary N) is 1. The molecule has 4 heteroatoms. The van der Waals surface area contributed by atoms with Gasteiger partial charge in [-0.1, -0.05) is 6.07 Å². The average Bonchev–Trinajstić information content (AvgIpc) is 2.33. The minimum absolute atomic E-state index is 0.564. The predicted molar refractivity (Wildman–Crippen MR) is 67.4 cm³/mol. The Morgan fingerprint density at radius 3 is 2.82 bits per heavy atom. The lowest BCUT2D eigenvalue weighted by Crippen LogP contribution is -1.99. The molecule has 0 aliphatic rings. The average molecular weight is 229 g/mol. The first-order valence-corrected chi connectivity index (χ1v) is 5.59. The Morgan fingerprint density at radius 2 is 2.12 bits per heavy atom. The third-order valence-electron chi connectivity index (χ3n) is 2.19. The van der Waals surface area contributed by atoms with Gasteiger partial charge in [-0.05, 0) is 32.0 Å². The van der Waals surface area contributed by atoms with Crippen molar-refractivity contribution in [1.29, 1.82) is 0 Å². The van der Waals surface area contributed by atoms with Crippen LogP contribution in [0.3, 0.4) is 0 Å². The fraction of sp³-hybridized carbons (Fsp3) is 0.231. The van der Waals surface area contributed by atoms with Crippen molar-refractivity contribution in [2.45, 2.75) is 13.8 Å². The molecule has 88 valence electrons. The van der Waals surface area contributed by atoms with Crippen molar-refractivity contribution in [1.82, 2.24) is 9.97 Å². The summed E-state index contributed by atoms with van der Waals surface area (Å²) in [5, 5.41) is 3.14. The Kier molecular flexibility index (Phi) is 3.55. The molecule has 17 heavy (non-hydrogen) atoms. The van der Waals surface area contributed by atoms with E-state index in [1.165, 1.54) is 0 Å². The maximum absolute atomic E-state index is 5.61. The van der Waals surface area contributed by atoms with Crippen LogP contribution in [0.25, 0.3) is 0 Å². The van der Waals surface area contributed by atoms with Gasteiger partial charge in [0.2, 0.25) is 5.88 Å². The largest absolute Gasteiger partial charge is 0.437 e. The van der Waals surface area contributed by atoms with Crippen molar-refractivity contribution in [3.63, 3.8) is 0 Å². The second-order valence-corrected chi connectivity index (χ2v) is 3.63. The van der Waals surface area contributed by atoms with E-state index in [-0.39, 0.29) is 0 Å². The molecule has 0 atom stereocenters. The SMILES string of the molecule is CCNc1cccc(Oc2ccc(C)nc2)n1. The minimum Gasteiger partial charge on any atom is -0.437 e. The summed E-state index contributed by atoms with van der Waals surface area (Å²) in [4.78, 5) is 8.48. The first-order valence-electron chi connectivity index (χ1n) is 5.59. The molecular weight excluding hydrogens is 214 g/mol. The third kappa shape index (κ3) is 3.17. The van der Waals surface area contributed by atoms with Crippen LogP contribution in [0.4, 0.5) is 5.82 Å². The van der Waals surface area contributed by atoms with Crippen molar-refractivity contribution in [2.24, 2.45) is 0 Å². The Hall–Kier alpha value is -2.10. The second kappa shape index (κ2) is 5.30. The molecule has 2 aromatic heterocycles. The van der Waals surface area contributed by atoms with Gasteiger partial charge in [0.1, 0.15) is 11.6 Å². The molecule has 2 aromatic rings. The highest BCUT2D eigenvalue weighted by atomic mass is 16.5. The van der Waals surface area contributed by atoms with E-state index in [0.717, 1.165) is 18.1 Å². The van der Waals surface area contributed by atoms with E-state index < -0.39 is 0 Å². The van der Waals surface area contributed by atoms with Crippen LogP contribution in [-0.2, 0) is 0 Å². The van der Waals surface area contributed by atoms with Gasteiger partial charge in [-0.15, -0.1) is 0 Å². The van der Waals surface area contributed by atoms with Gasteiger partial charge in [-0.25, -0.2) is 0 Å². The molecule has 0 unspecified atom stereocenters. The summed E-state index contributed by atoms with van der Waals surface area (Å²) in [6, 6.07) is 9.42. The van der Waals surface area contributed by atoms with Crippen molar-refractivity contribution in [3.05, 3.63) is 42.2 Å². The molecule has 0 saturated heterocycles. The Labute approximate surface area is 101 Å². The first kappa shape index (κ1) is 11.4. The summed E-state index contributed by atoms with van der Waals surface area (Å²) in [6.45, 7) is 4.80.